The van der Waals surface area contributed by atoms with Gasteiger partial charge in [0.15, 0.2) is 0 Å². The van der Waals surface area contributed by atoms with E-state index >= 15 is 0 Å². The highest BCUT2D eigenvalue weighted by Crippen LogP contribution is 2.12. The molecule has 3 nitrogen and oxygen atoms in total. The van der Waals surface area contributed by atoms with Gasteiger partial charge in [-0.1, -0.05) is 0 Å². The fourth-order valence-electron chi connectivity index (χ4n) is 2.21. The average Bonchev–Trinajstić information content (AvgIpc) is 2.34. The van der Waals surface area contributed by atoms with Crippen molar-refractivity contribution in [1.29, 1.82) is 0 Å². The van der Waals surface area contributed by atoms with E-state index < -0.39 is 0 Å². The molecule has 0 N–H and O–H groups in total. The Bertz CT molecular complexity index is 315. The molecule has 88 valence electrons. The maximum Gasteiger partial charge on any atom is 0.0914 e. The number of hydrogen-bond acceptors (Lipinski definition) is 2. The third kappa shape index (κ3) is 2.80. The van der Waals surface area contributed by atoms with Gasteiger partial charge in [-0.25, -0.2) is 0 Å². The smallest absolute Gasteiger partial charge is 0.0914 e. The monoisotopic (exact) mass is 220 g/mol. The van der Waals surface area contributed by atoms with Crippen LogP contribution >= 0.6 is 0 Å². The van der Waals surface area contributed by atoms with Crippen molar-refractivity contribution >= 4 is 0 Å². The van der Waals surface area contributed by atoms with Gasteiger partial charge in [-0.3, -0.25) is 9.88 Å². The summed E-state index contributed by atoms with van der Waals surface area (Å²) in [7, 11) is 2.36. The van der Waals surface area contributed by atoms with Crippen LogP contribution in [0.25, 0.3) is 0 Å². The minimum atomic E-state index is 1.08. The fourth-order valence-corrected chi connectivity index (χ4v) is 2.21. The number of likely N-dealkylation sites (N-methyl/N-ethyl adjacent to an activating group) is 1. The predicted molar refractivity (Wildman–Crippen MR) is 66.0 cm³/mol. The highest BCUT2D eigenvalue weighted by Gasteiger charge is 2.26. The molecule has 1 saturated heterocycles. The Morgan fingerprint density at radius 2 is 1.88 bits per heavy atom. The topological polar surface area (TPSA) is 16.1 Å². The van der Waals surface area contributed by atoms with E-state index in [-0.39, 0.29) is 0 Å². The largest absolute Gasteiger partial charge is 0.324 e. The molecule has 1 aliphatic rings. The van der Waals surface area contributed by atoms with Gasteiger partial charge < -0.3 is 4.48 Å². The van der Waals surface area contributed by atoms with E-state index in [9.17, 15) is 0 Å². The quantitative estimate of drug-likeness (QED) is 0.715. The second-order valence-corrected chi connectivity index (χ2v) is 5.01. The maximum atomic E-state index is 4.05. The van der Waals surface area contributed by atoms with E-state index in [1.165, 1.54) is 42.8 Å². The van der Waals surface area contributed by atoms with Crippen LogP contribution in [0.5, 0.6) is 0 Å². The van der Waals surface area contributed by atoms with Gasteiger partial charge in [0.1, 0.15) is 0 Å². The minimum Gasteiger partial charge on any atom is -0.324 e. The molecule has 0 atom stereocenters. The van der Waals surface area contributed by atoms with E-state index in [2.05, 4.69) is 36.0 Å². The molecule has 2 heterocycles. The highest BCUT2D eigenvalue weighted by atomic mass is 15.4. The lowest BCUT2D eigenvalue weighted by atomic mass is 10.2. The third-order valence-electron chi connectivity index (χ3n) is 3.83. The lowest BCUT2D eigenvalue weighted by Crippen LogP contribution is -2.56. The molecule has 0 bridgehead atoms. The van der Waals surface area contributed by atoms with Crippen LogP contribution < -0.4 is 0 Å². The van der Waals surface area contributed by atoms with Gasteiger partial charge in [-0.05, 0) is 24.6 Å². The molecule has 1 fully saturated rings. The minimum absolute atomic E-state index is 1.08. The second-order valence-electron chi connectivity index (χ2n) is 5.01. The number of rotatable bonds is 3. The Morgan fingerprint density at radius 3 is 2.44 bits per heavy atom. The molecule has 0 unspecified atom stereocenters. The fraction of sp³-hybridized carbons (Fsp3) is 0.615. The van der Waals surface area contributed by atoms with Crippen molar-refractivity contribution < 1.29 is 4.48 Å². The van der Waals surface area contributed by atoms with E-state index in [4.69, 9.17) is 0 Å². The summed E-state index contributed by atoms with van der Waals surface area (Å²) in [6.45, 7) is 9.61. The van der Waals surface area contributed by atoms with Crippen molar-refractivity contribution in [2.75, 3.05) is 39.8 Å². The standard InChI is InChI=1S/C13H22N3/c1-3-16(2)10-8-15(9-11-16)12-13-4-6-14-7-5-13/h4-7H,3,8-12H2,1-2H3/q+1. The van der Waals surface area contributed by atoms with Gasteiger partial charge in [0, 0.05) is 32.0 Å². The summed E-state index contributed by atoms with van der Waals surface area (Å²) in [4.78, 5) is 6.60. The molecular weight excluding hydrogens is 198 g/mol. The molecule has 1 aromatic heterocycles. The van der Waals surface area contributed by atoms with Crippen LogP contribution in [0, 0.1) is 0 Å². The average molecular weight is 220 g/mol. The zero-order valence-electron chi connectivity index (χ0n) is 10.4. The van der Waals surface area contributed by atoms with Gasteiger partial charge >= 0.3 is 0 Å². The molecular formula is C13H22N3+. The normalized spacial score (nSPS) is 20.9. The van der Waals surface area contributed by atoms with Gasteiger partial charge in [0.05, 0.1) is 26.7 Å². The molecule has 0 amide bonds. The Hall–Kier alpha value is -0.930. The lowest BCUT2D eigenvalue weighted by Gasteiger charge is -2.41. The summed E-state index contributed by atoms with van der Waals surface area (Å²) in [5.41, 5.74) is 1.38. The molecule has 16 heavy (non-hydrogen) atoms. The Kier molecular flexibility index (Phi) is 3.56. The number of pyridine rings is 1. The first-order valence-corrected chi connectivity index (χ1v) is 6.17. The second kappa shape index (κ2) is 4.93. The third-order valence-corrected chi connectivity index (χ3v) is 3.83. The van der Waals surface area contributed by atoms with Crippen molar-refractivity contribution in [2.45, 2.75) is 13.5 Å². The Morgan fingerprint density at radius 1 is 1.25 bits per heavy atom. The Labute approximate surface area is 98.3 Å². The van der Waals surface area contributed by atoms with Crippen LogP contribution in [-0.2, 0) is 6.54 Å². The number of aromatic nitrogens is 1. The summed E-state index contributed by atoms with van der Waals surface area (Å²) in [6, 6.07) is 4.23. The molecule has 0 saturated carbocycles. The molecule has 2 rings (SSSR count). The lowest BCUT2D eigenvalue weighted by molar-refractivity contribution is -0.912. The molecule has 3 heteroatoms. The van der Waals surface area contributed by atoms with Gasteiger partial charge in [-0.15, -0.1) is 0 Å². The number of piperazine rings is 1. The molecule has 0 radical (unpaired) electrons. The van der Waals surface area contributed by atoms with E-state index in [0.29, 0.717) is 0 Å². The first-order chi connectivity index (χ1) is 7.72. The highest BCUT2D eigenvalue weighted by molar-refractivity contribution is 5.09. The number of hydrogen-bond donors (Lipinski definition) is 0. The van der Waals surface area contributed by atoms with Gasteiger partial charge in [0.2, 0.25) is 0 Å². The summed E-state index contributed by atoms with van der Waals surface area (Å²) < 4.78 is 1.23. The van der Waals surface area contributed by atoms with Gasteiger partial charge in [0.25, 0.3) is 0 Å². The van der Waals surface area contributed by atoms with Gasteiger partial charge in [-0.2, -0.15) is 0 Å². The molecule has 0 aromatic carbocycles. The molecule has 0 spiro atoms. The summed E-state index contributed by atoms with van der Waals surface area (Å²) in [5.74, 6) is 0. The van der Waals surface area contributed by atoms with Crippen molar-refractivity contribution in [1.82, 2.24) is 9.88 Å². The van der Waals surface area contributed by atoms with Crippen LogP contribution in [0.2, 0.25) is 0 Å². The summed E-state index contributed by atoms with van der Waals surface area (Å²) >= 11 is 0. The zero-order valence-corrected chi connectivity index (χ0v) is 10.4. The SMILES string of the molecule is CC[N+]1(C)CCN(Cc2ccncc2)CC1. The molecule has 1 aliphatic heterocycles. The first kappa shape index (κ1) is 11.6. The number of quaternary nitrogens is 1. The maximum absolute atomic E-state index is 4.05. The Balaban J connectivity index is 1.86. The van der Waals surface area contributed by atoms with Crippen LogP contribution in [0.1, 0.15) is 12.5 Å². The zero-order chi connectivity index (χ0) is 11.4. The van der Waals surface area contributed by atoms with Crippen molar-refractivity contribution in [3.05, 3.63) is 30.1 Å². The predicted octanol–water partition coefficient (Wildman–Crippen LogP) is 1.36. The van der Waals surface area contributed by atoms with Crippen LogP contribution in [0.3, 0.4) is 0 Å². The summed E-state index contributed by atoms with van der Waals surface area (Å²) in [5, 5.41) is 0. The molecule has 1 aromatic rings. The van der Waals surface area contributed by atoms with Crippen molar-refractivity contribution in [3.63, 3.8) is 0 Å². The van der Waals surface area contributed by atoms with Crippen LogP contribution in [0.4, 0.5) is 0 Å². The van der Waals surface area contributed by atoms with Crippen LogP contribution in [-0.4, -0.2) is 54.1 Å². The molecule has 0 aliphatic carbocycles. The van der Waals surface area contributed by atoms with Crippen molar-refractivity contribution in [2.24, 2.45) is 0 Å². The summed E-state index contributed by atoms with van der Waals surface area (Å²) in [6.07, 6.45) is 3.76. The van der Waals surface area contributed by atoms with E-state index in [1.807, 2.05) is 12.4 Å². The van der Waals surface area contributed by atoms with Crippen LogP contribution in [0.15, 0.2) is 24.5 Å². The van der Waals surface area contributed by atoms with Crippen molar-refractivity contribution in [3.8, 4) is 0 Å². The first-order valence-electron chi connectivity index (χ1n) is 6.17. The van der Waals surface area contributed by atoms with E-state index in [1.54, 1.807) is 0 Å². The van der Waals surface area contributed by atoms with E-state index in [0.717, 1.165) is 6.54 Å². The number of nitrogens with zero attached hydrogens (tertiary/aromatic N) is 3.